The molecular formula is C9H15ClN2O2. The molecule has 0 radical (unpaired) electrons. The fraction of sp³-hybridized carbons (Fsp3) is 0.778. The molecule has 80 valence electrons. The quantitative estimate of drug-likeness (QED) is 0.626. The molecule has 1 heterocycles. The zero-order valence-corrected chi connectivity index (χ0v) is 9.09. The van der Waals surface area contributed by atoms with E-state index in [1.54, 1.807) is 16.8 Å². The van der Waals surface area contributed by atoms with Gasteiger partial charge in [-0.25, -0.2) is 0 Å². The molecule has 0 bridgehead atoms. The molecule has 14 heavy (non-hydrogen) atoms. The fourth-order valence-corrected chi connectivity index (χ4v) is 1.60. The third-order valence-corrected chi connectivity index (χ3v) is 2.52. The van der Waals surface area contributed by atoms with Crippen molar-refractivity contribution in [3.63, 3.8) is 0 Å². The van der Waals surface area contributed by atoms with E-state index in [2.05, 4.69) is 0 Å². The molecule has 1 rings (SSSR count). The predicted molar refractivity (Wildman–Crippen MR) is 54.2 cm³/mol. The summed E-state index contributed by atoms with van der Waals surface area (Å²) in [5, 5.41) is 0. The molecule has 0 unspecified atom stereocenters. The van der Waals surface area contributed by atoms with Gasteiger partial charge in [0.05, 0.1) is 6.54 Å². The van der Waals surface area contributed by atoms with Crippen LogP contribution in [0.2, 0.25) is 0 Å². The molecule has 0 spiro atoms. The molecular weight excluding hydrogens is 204 g/mol. The normalized spacial score (nSPS) is 18.3. The second-order valence-corrected chi connectivity index (χ2v) is 3.80. The Morgan fingerprint density at radius 3 is 2.86 bits per heavy atom. The van der Waals surface area contributed by atoms with Crippen molar-refractivity contribution < 1.29 is 9.59 Å². The average molecular weight is 219 g/mol. The van der Waals surface area contributed by atoms with Crippen molar-refractivity contribution in [3.8, 4) is 0 Å². The highest BCUT2D eigenvalue weighted by Crippen LogP contribution is 2.04. The SMILES string of the molecule is CN1CCCN(C(=O)CCCl)CC1=O. The number of amides is 2. The minimum absolute atomic E-state index is 0.00502. The summed E-state index contributed by atoms with van der Waals surface area (Å²) in [4.78, 5) is 26.2. The fourth-order valence-electron chi connectivity index (χ4n) is 1.44. The number of carbonyl (C=O) groups excluding carboxylic acids is 2. The van der Waals surface area contributed by atoms with Gasteiger partial charge in [0.25, 0.3) is 0 Å². The van der Waals surface area contributed by atoms with Crippen LogP contribution in [0.15, 0.2) is 0 Å². The summed E-state index contributed by atoms with van der Waals surface area (Å²) in [6.07, 6.45) is 1.16. The Balaban J connectivity index is 2.54. The van der Waals surface area contributed by atoms with Gasteiger partial charge in [0.2, 0.25) is 11.8 Å². The number of carbonyl (C=O) groups is 2. The van der Waals surface area contributed by atoms with Gasteiger partial charge < -0.3 is 9.80 Å². The number of nitrogens with zero attached hydrogens (tertiary/aromatic N) is 2. The second-order valence-electron chi connectivity index (χ2n) is 3.42. The Kier molecular flexibility index (Phi) is 4.20. The summed E-state index contributed by atoms with van der Waals surface area (Å²) in [5.41, 5.74) is 0. The zero-order valence-electron chi connectivity index (χ0n) is 8.33. The largest absolute Gasteiger partial charge is 0.344 e. The summed E-state index contributed by atoms with van der Waals surface area (Å²) in [6.45, 7) is 1.58. The first kappa shape index (κ1) is 11.3. The maximum Gasteiger partial charge on any atom is 0.241 e. The van der Waals surface area contributed by atoms with E-state index in [1.165, 1.54) is 0 Å². The summed E-state index contributed by atoms with van der Waals surface area (Å²) < 4.78 is 0. The van der Waals surface area contributed by atoms with Gasteiger partial charge in [-0.1, -0.05) is 0 Å². The minimum atomic E-state index is -0.0244. The van der Waals surface area contributed by atoms with E-state index in [1.807, 2.05) is 0 Å². The van der Waals surface area contributed by atoms with E-state index >= 15 is 0 Å². The van der Waals surface area contributed by atoms with Crippen LogP contribution in [0, 0.1) is 0 Å². The second kappa shape index (κ2) is 5.20. The molecule has 0 aliphatic carbocycles. The molecule has 4 nitrogen and oxygen atoms in total. The molecule has 1 aliphatic heterocycles. The highest BCUT2D eigenvalue weighted by atomic mass is 35.5. The van der Waals surface area contributed by atoms with Gasteiger partial charge in [0.15, 0.2) is 0 Å². The maximum absolute atomic E-state index is 11.5. The Morgan fingerprint density at radius 1 is 1.50 bits per heavy atom. The van der Waals surface area contributed by atoms with Crippen LogP contribution in [0.25, 0.3) is 0 Å². The standard InChI is InChI=1S/C9H15ClN2O2/c1-11-5-2-6-12(7-9(11)14)8(13)3-4-10/h2-7H2,1H3. The van der Waals surface area contributed by atoms with Crippen molar-refractivity contribution >= 4 is 23.4 Å². The molecule has 0 saturated carbocycles. The number of hydrogen-bond donors (Lipinski definition) is 0. The molecule has 5 heteroatoms. The van der Waals surface area contributed by atoms with Gasteiger partial charge in [-0.2, -0.15) is 0 Å². The lowest BCUT2D eigenvalue weighted by atomic mass is 10.3. The maximum atomic E-state index is 11.5. The smallest absolute Gasteiger partial charge is 0.241 e. The molecule has 2 amide bonds. The molecule has 0 aromatic heterocycles. The Bertz CT molecular complexity index is 233. The summed E-state index contributed by atoms with van der Waals surface area (Å²) >= 11 is 5.48. The van der Waals surface area contributed by atoms with Crippen molar-refractivity contribution in [2.45, 2.75) is 12.8 Å². The number of rotatable bonds is 2. The molecule has 1 fully saturated rings. The van der Waals surface area contributed by atoms with Crippen LogP contribution in [-0.4, -0.2) is 54.2 Å². The van der Waals surface area contributed by atoms with E-state index in [0.29, 0.717) is 18.8 Å². The third kappa shape index (κ3) is 2.87. The number of likely N-dealkylation sites (N-methyl/N-ethyl adjacent to an activating group) is 1. The van der Waals surface area contributed by atoms with Crippen LogP contribution in [0.1, 0.15) is 12.8 Å². The number of alkyl halides is 1. The van der Waals surface area contributed by atoms with Crippen LogP contribution in [0.4, 0.5) is 0 Å². The molecule has 0 aromatic rings. The van der Waals surface area contributed by atoms with Crippen molar-refractivity contribution in [2.75, 3.05) is 32.6 Å². The molecule has 0 aromatic carbocycles. The van der Waals surface area contributed by atoms with E-state index in [0.717, 1.165) is 13.0 Å². The lowest BCUT2D eigenvalue weighted by molar-refractivity contribution is -0.137. The predicted octanol–water partition coefficient (Wildman–Crippen LogP) is 0.306. The van der Waals surface area contributed by atoms with Gasteiger partial charge in [-0.15, -0.1) is 11.6 Å². The van der Waals surface area contributed by atoms with E-state index in [-0.39, 0.29) is 18.4 Å². The highest BCUT2D eigenvalue weighted by Gasteiger charge is 2.21. The van der Waals surface area contributed by atoms with Crippen LogP contribution in [-0.2, 0) is 9.59 Å². The van der Waals surface area contributed by atoms with Crippen LogP contribution in [0.5, 0.6) is 0 Å². The van der Waals surface area contributed by atoms with Gasteiger partial charge >= 0.3 is 0 Å². The Labute approximate surface area is 88.8 Å². The molecule has 1 aliphatic rings. The highest BCUT2D eigenvalue weighted by molar-refractivity contribution is 6.18. The zero-order chi connectivity index (χ0) is 10.6. The Hall–Kier alpha value is -0.770. The first-order chi connectivity index (χ1) is 6.65. The first-order valence-corrected chi connectivity index (χ1v) is 5.26. The van der Waals surface area contributed by atoms with Crippen LogP contribution in [0.3, 0.4) is 0 Å². The van der Waals surface area contributed by atoms with Crippen molar-refractivity contribution in [3.05, 3.63) is 0 Å². The van der Waals surface area contributed by atoms with E-state index in [9.17, 15) is 9.59 Å². The van der Waals surface area contributed by atoms with Gasteiger partial charge in [-0.3, -0.25) is 9.59 Å². The lowest BCUT2D eigenvalue weighted by Crippen LogP contribution is -2.38. The molecule has 0 atom stereocenters. The van der Waals surface area contributed by atoms with Crippen molar-refractivity contribution in [1.29, 1.82) is 0 Å². The lowest BCUT2D eigenvalue weighted by Gasteiger charge is -2.19. The van der Waals surface area contributed by atoms with Crippen LogP contribution < -0.4 is 0 Å². The van der Waals surface area contributed by atoms with Gasteiger partial charge in [0, 0.05) is 32.4 Å². The number of hydrogen-bond acceptors (Lipinski definition) is 2. The summed E-state index contributed by atoms with van der Waals surface area (Å²) in [6, 6.07) is 0. The summed E-state index contributed by atoms with van der Waals surface area (Å²) in [7, 11) is 1.76. The molecule has 1 saturated heterocycles. The van der Waals surface area contributed by atoms with E-state index < -0.39 is 0 Å². The third-order valence-electron chi connectivity index (χ3n) is 2.33. The van der Waals surface area contributed by atoms with Crippen LogP contribution >= 0.6 is 11.6 Å². The van der Waals surface area contributed by atoms with Crippen molar-refractivity contribution in [1.82, 2.24) is 9.80 Å². The van der Waals surface area contributed by atoms with Gasteiger partial charge in [-0.05, 0) is 6.42 Å². The summed E-state index contributed by atoms with van der Waals surface area (Å²) in [5.74, 6) is 0.299. The van der Waals surface area contributed by atoms with Crippen molar-refractivity contribution in [2.24, 2.45) is 0 Å². The topological polar surface area (TPSA) is 40.6 Å². The molecule has 0 N–H and O–H groups in total. The monoisotopic (exact) mass is 218 g/mol. The van der Waals surface area contributed by atoms with Gasteiger partial charge in [0.1, 0.15) is 0 Å². The minimum Gasteiger partial charge on any atom is -0.344 e. The Morgan fingerprint density at radius 2 is 2.21 bits per heavy atom. The number of halogens is 1. The average Bonchev–Trinajstić information content (AvgIpc) is 2.30. The van der Waals surface area contributed by atoms with E-state index in [4.69, 9.17) is 11.6 Å². The first-order valence-electron chi connectivity index (χ1n) is 4.73.